The van der Waals surface area contributed by atoms with E-state index in [9.17, 15) is 24.0 Å². The second-order valence-electron chi connectivity index (χ2n) is 15.2. The van der Waals surface area contributed by atoms with Gasteiger partial charge in [-0.15, -0.1) is 0 Å². The van der Waals surface area contributed by atoms with Crippen LogP contribution in [0.2, 0.25) is 0 Å². The molecule has 1 heterocycles. The number of imide groups is 1. The van der Waals surface area contributed by atoms with Gasteiger partial charge in [-0.1, -0.05) is 91.9 Å². The Morgan fingerprint density at radius 3 is 1.86 bits per heavy atom. The monoisotopic (exact) mass is 892 g/mol. The second-order valence-corrected chi connectivity index (χ2v) is 15.2. The highest BCUT2D eigenvalue weighted by Crippen LogP contribution is 2.35. The number of rotatable bonds is 27. The van der Waals surface area contributed by atoms with Crippen LogP contribution in [0.15, 0.2) is 103 Å². The van der Waals surface area contributed by atoms with Crippen molar-refractivity contribution in [2.45, 2.75) is 38.6 Å². The minimum Gasteiger partial charge on any atom is -0.492 e. The quantitative estimate of drug-likeness (QED) is 0.0292. The summed E-state index contributed by atoms with van der Waals surface area (Å²) in [6, 6.07) is 33.9. The number of amides is 3. The molecule has 0 aliphatic carbocycles. The highest BCUT2D eigenvalue weighted by Gasteiger charge is 2.34. The van der Waals surface area contributed by atoms with E-state index < -0.39 is 17.9 Å². The van der Waals surface area contributed by atoms with Gasteiger partial charge in [0.05, 0.1) is 58.4 Å². The molecule has 0 saturated carbocycles. The summed E-state index contributed by atoms with van der Waals surface area (Å²) in [5, 5.41) is 5.35. The summed E-state index contributed by atoms with van der Waals surface area (Å²) < 4.78 is 27.4. The number of hydrogen-bond acceptors (Lipinski definition) is 12. The van der Waals surface area contributed by atoms with E-state index in [1.54, 1.807) is 12.1 Å². The Kier molecular flexibility index (Phi) is 23.4. The second kappa shape index (κ2) is 29.4. The van der Waals surface area contributed by atoms with Gasteiger partial charge in [-0.3, -0.25) is 24.5 Å². The first-order chi connectivity index (χ1) is 31.7. The normalized spacial score (nSPS) is 13.8. The summed E-state index contributed by atoms with van der Waals surface area (Å²) in [4.78, 5) is 62.0. The van der Waals surface area contributed by atoms with E-state index in [-0.39, 0.29) is 29.9 Å². The van der Waals surface area contributed by atoms with Crippen molar-refractivity contribution in [3.63, 3.8) is 0 Å². The summed E-state index contributed by atoms with van der Waals surface area (Å²) in [5.41, 5.74) is 7.16. The molecule has 1 saturated heterocycles. The molecular formula is C51H64N4O10. The predicted molar refractivity (Wildman–Crippen MR) is 252 cm³/mol. The van der Waals surface area contributed by atoms with Crippen LogP contribution in [0.4, 0.5) is 5.69 Å². The Morgan fingerprint density at radius 1 is 0.708 bits per heavy atom. The first kappa shape index (κ1) is 51.6. The zero-order valence-corrected chi connectivity index (χ0v) is 38.1. The topological polar surface area (TPSA) is 162 Å². The molecule has 2 N–H and O–H groups in total. The molecule has 1 unspecified atom stereocenters. The van der Waals surface area contributed by atoms with Crippen LogP contribution in [0.3, 0.4) is 0 Å². The van der Waals surface area contributed by atoms with E-state index in [2.05, 4.69) is 121 Å². The summed E-state index contributed by atoms with van der Waals surface area (Å²) in [5.74, 6) is -0.489. The van der Waals surface area contributed by atoms with Gasteiger partial charge < -0.3 is 43.6 Å². The molecule has 1 fully saturated rings. The van der Waals surface area contributed by atoms with E-state index in [1.807, 2.05) is 0 Å². The lowest BCUT2D eigenvalue weighted by Crippen LogP contribution is -2.53. The number of carbonyl (C=O) groups is 5. The lowest BCUT2D eigenvalue weighted by atomic mass is 9.88. The number of likely N-dealkylation sites (N-methyl/N-ethyl adjacent to an activating group) is 2. The minimum atomic E-state index is -0.798. The number of nitrogens with one attached hydrogen (secondary N) is 2. The van der Waals surface area contributed by atoms with Crippen LogP contribution >= 0.6 is 0 Å². The number of hydrogen-bond donors (Lipinski definition) is 2. The van der Waals surface area contributed by atoms with Crippen LogP contribution in [0, 0.1) is 0 Å². The van der Waals surface area contributed by atoms with Crippen molar-refractivity contribution < 1.29 is 47.7 Å². The van der Waals surface area contributed by atoms with Crippen LogP contribution in [0.1, 0.15) is 70.0 Å². The molecule has 5 rings (SSSR count). The van der Waals surface area contributed by atoms with Gasteiger partial charge in [0, 0.05) is 44.2 Å². The summed E-state index contributed by atoms with van der Waals surface area (Å²) in [7, 11) is 5.59. The Labute approximate surface area is 383 Å². The third-order valence-electron chi connectivity index (χ3n) is 10.3. The highest BCUT2D eigenvalue weighted by molar-refractivity contribution is 6.09. The molecule has 0 spiro atoms. The Hall–Kier alpha value is -6.03. The minimum absolute atomic E-state index is 0.140. The molecule has 3 amide bonds. The summed E-state index contributed by atoms with van der Waals surface area (Å²) >= 11 is 0. The van der Waals surface area contributed by atoms with Gasteiger partial charge >= 0.3 is 0 Å². The van der Waals surface area contributed by atoms with Crippen LogP contribution in [0.25, 0.3) is 11.1 Å². The molecule has 0 bridgehead atoms. The molecule has 65 heavy (non-hydrogen) atoms. The highest BCUT2D eigenvalue weighted by atomic mass is 16.6. The number of aldehydes is 2. The number of allylic oxidation sites excluding steroid dienone is 1. The third-order valence-corrected chi connectivity index (χ3v) is 10.3. The van der Waals surface area contributed by atoms with E-state index in [0.717, 1.165) is 25.0 Å². The summed E-state index contributed by atoms with van der Waals surface area (Å²) in [6.45, 7) is 7.40. The van der Waals surface area contributed by atoms with Crippen molar-refractivity contribution in [3.05, 3.63) is 131 Å². The maximum Gasteiger partial charge on any atom is 0.257 e. The zero-order valence-electron chi connectivity index (χ0n) is 38.1. The predicted octanol–water partition coefficient (Wildman–Crippen LogP) is 6.44. The SMILES string of the molecule is CC/C(=C(\c1ccccc1)c1ccc(OCCN(C)C)cc1)c1ccccc1.CN(C(=O)c1c(C=O)cccc1NCCOCCOCCOCCOCCC=O)C1CCC(=O)NC1=O. The van der Waals surface area contributed by atoms with Crippen molar-refractivity contribution >= 4 is 47.1 Å². The van der Waals surface area contributed by atoms with Crippen LogP contribution in [0.5, 0.6) is 5.75 Å². The molecule has 4 aromatic carbocycles. The van der Waals surface area contributed by atoms with Gasteiger partial charge in [-0.25, -0.2) is 0 Å². The van der Waals surface area contributed by atoms with E-state index in [1.165, 1.54) is 45.9 Å². The maximum absolute atomic E-state index is 13.2. The average molecular weight is 893 g/mol. The molecular weight excluding hydrogens is 829 g/mol. The molecule has 348 valence electrons. The van der Waals surface area contributed by atoms with Crippen molar-refractivity contribution in [1.29, 1.82) is 0 Å². The van der Waals surface area contributed by atoms with Gasteiger partial charge in [-0.2, -0.15) is 0 Å². The van der Waals surface area contributed by atoms with Crippen molar-refractivity contribution in [3.8, 4) is 5.75 Å². The van der Waals surface area contributed by atoms with E-state index >= 15 is 0 Å². The van der Waals surface area contributed by atoms with Crippen LogP contribution in [-0.2, 0) is 33.3 Å². The Balaban J connectivity index is 0.000000295. The number of ether oxygens (including phenoxy) is 5. The number of nitrogens with zero attached hydrogens (tertiary/aromatic N) is 2. The first-order valence-corrected chi connectivity index (χ1v) is 22.1. The van der Waals surface area contributed by atoms with Gasteiger partial charge in [-0.05, 0) is 73.0 Å². The standard InChI is InChI=1S/C26H29NO.C25H35N3O9/c1-4-25(21-11-7-5-8-12-21)26(22-13-9-6-10-14-22)23-15-17-24(18-16-23)28-20-19-27(2)3;1-28(21-6-7-22(31)27-24(21)32)25(33)23-19(18-30)4-2-5-20(23)26-8-11-35-13-15-37-17-16-36-14-12-34-10-3-9-29/h5-18H,4,19-20H2,1-3H3;2,4-5,9,18,21,26H,3,6-8,10-17H2,1H3,(H,27,31,32)/b26-25-;. The molecule has 1 aliphatic heterocycles. The summed E-state index contributed by atoms with van der Waals surface area (Å²) in [6.07, 6.45) is 3.11. The molecule has 0 radical (unpaired) electrons. The third kappa shape index (κ3) is 17.5. The lowest BCUT2D eigenvalue weighted by Gasteiger charge is -2.30. The number of carbonyl (C=O) groups excluding carboxylic acids is 5. The molecule has 1 atom stereocenters. The fourth-order valence-electron chi connectivity index (χ4n) is 6.92. The van der Waals surface area contributed by atoms with E-state index in [4.69, 9.17) is 23.7 Å². The first-order valence-electron chi connectivity index (χ1n) is 22.1. The number of anilines is 1. The average Bonchev–Trinajstić information content (AvgIpc) is 3.32. The molecule has 4 aromatic rings. The van der Waals surface area contributed by atoms with Crippen molar-refractivity contribution in [2.75, 3.05) is 99.0 Å². The zero-order chi connectivity index (χ0) is 46.7. The lowest BCUT2D eigenvalue weighted by molar-refractivity contribution is -0.136. The fourth-order valence-corrected chi connectivity index (χ4v) is 6.92. The van der Waals surface area contributed by atoms with Gasteiger partial charge in [0.15, 0.2) is 6.29 Å². The molecule has 0 aromatic heterocycles. The van der Waals surface area contributed by atoms with Crippen molar-refractivity contribution in [2.24, 2.45) is 0 Å². The Morgan fingerprint density at radius 2 is 1.29 bits per heavy atom. The van der Waals surface area contributed by atoms with Crippen LogP contribution in [-0.4, -0.2) is 140 Å². The van der Waals surface area contributed by atoms with Gasteiger partial charge in [0.25, 0.3) is 5.91 Å². The van der Waals surface area contributed by atoms with Gasteiger partial charge in [0.2, 0.25) is 11.8 Å². The maximum atomic E-state index is 13.2. The van der Waals surface area contributed by atoms with Crippen LogP contribution < -0.4 is 15.4 Å². The number of benzene rings is 4. The number of piperidine rings is 1. The molecule has 14 heteroatoms. The molecule has 14 nitrogen and oxygen atoms in total. The Bertz CT molecular complexity index is 2100. The van der Waals surface area contributed by atoms with E-state index in [0.29, 0.717) is 84.4 Å². The molecule has 1 aliphatic rings. The van der Waals surface area contributed by atoms with Gasteiger partial charge in [0.1, 0.15) is 24.7 Å². The smallest absolute Gasteiger partial charge is 0.257 e. The largest absolute Gasteiger partial charge is 0.492 e. The van der Waals surface area contributed by atoms with Crippen molar-refractivity contribution in [1.82, 2.24) is 15.1 Å². The fraction of sp³-hybridized carbons (Fsp3) is 0.392.